The third kappa shape index (κ3) is 6.24. The first-order valence-electron chi connectivity index (χ1n) is 6.25. The van der Waals surface area contributed by atoms with Crippen LogP contribution in [0.1, 0.15) is 33.6 Å². The van der Waals surface area contributed by atoms with Crippen LogP contribution in [0.5, 0.6) is 5.75 Å². The summed E-state index contributed by atoms with van der Waals surface area (Å²) in [6, 6.07) is 6.09. The number of hydrogen-bond donors (Lipinski definition) is 0. The van der Waals surface area contributed by atoms with Crippen molar-refractivity contribution < 1.29 is 9.13 Å². The largest absolute Gasteiger partial charge is 0.490 e. The van der Waals surface area contributed by atoms with E-state index in [0.29, 0.717) is 12.4 Å². The highest BCUT2D eigenvalue weighted by Gasteiger charge is 1.93. The number of benzene rings is 1. The van der Waals surface area contributed by atoms with Crippen LogP contribution < -0.4 is 4.74 Å². The van der Waals surface area contributed by atoms with Gasteiger partial charge in [0.25, 0.3) is 0 Å². The fourth-order valence-corrected chi connectivity index (χ4v) is 1.50. The highest BCUT2D eigenvalue weighted by Crippen LogP contribution is 2.12. The van der Waals surface area contributed by atoms with E-state index in [4.69, 9.17) is 4.74 Å². The third-order valence-corrected chi connectivity index (χ3v) is 2.59. The fraction of sp³-hybridized carbons (Fsp3) is 0.375. The lowest BCUT2D eigenvalue weighted by atomic mass is 10.1. The van der Waals surface area contributed by atoms with Crippen molar-refractivity contribution in [2.75, 3.05) is 6.61 Å². The molecule has 0 bridgehead atoms. The molecule has 0 radical (unpaired) electrons. The zero-order valence-electron chi connectivity index (χ0n) is 11.4. The van der Waals surface area contributed by atoms with Gasteiger partial charge < -0.3 is 4.74 Å². The summed E-state index contributed by atoms with van der Waals surface area (Å²) in [4.78, 5) is 0. The summed E-state index contributed by atoms with van der Waals surface area (Å²) in [5.41, 5.74) is 2.67. The van der Waals surface area contributed by atoms with Crippen molar-refractivity contribution in [3.8, 4) is 5.75 Å². The maximum absolute atomic E-state index is 12.7. The van der Waals surface area contributed by atoms with Crippen molar-refractivity contribution in [3.63, 3.8) is 0 Å². The molecule has 0 N–H and O–H groups in total. The van der Waals surface area contributed by atoms with Crippen LogP contribution in [0.2, 0.25) is 0 Å². The van der Waals surface area contributed by atoms with Gasteiger partial charge >= 0.3 is 0 Å². The van der Waals surface area contributed by atoms with E-state index in [2.05, 4.69) is 32.9 Å². The van der Waals surface area contributed by atoms with Crippen molar-refractivity contribution in [1.82, 2.24) is 0 Å². The Morgan fingerprint density at radius 2 is 1.78 bits per heavy atom. The highest BCUT2D eigenvalue weighted by atomic mass is 19.1. The molecule has 0 aliphatic heterocycles. The number of halogens is 1. The average molecular weight is 248 g/mol. The fourth-order valence-electron chi connectivity index (χ4n) is 1.50. The SMILES string of the molecule is CC(C)=CCC/C(C)=C/COc1ccc(F)cc1. The van der Waals surface area contributed by atoms with Crippen LogP contribution >= 0.6 is 0 Å². The number of ether oxygens (including phenoxy) is 1. The molecule has 0 aliphatic rings. The van der Waals surface area contributed by atoms with Crippen LogP contribution in [0.3, 0.4) is 0 Å². The van der Waals surface area contributed by atoms with Crippen molar-refractivity contribution in [2.24, 2.45) is 0 Å². The summed E-state index contributed by atoms with van der Waals surface area (Å²) < 4.78 is 18.2. The van der Waals surface area contributed by atoms with Gasteiger partial charge in [-0.25, -0.2) is 4.39 Å². The molecule has 1 aromatic carbocycles. The van der Waals surface area contributed by atoms with E-state index < -0.39 is 0 Å². The van der Waals surface area contributed by atoms with E-state index >= 15 is 0 Å². The monoisotopic (exact) mass is 248 g/mol. The molecule has 1 nitrogen and oxygen atoms in total. The van der Waals surface area contributed by atoms with Gasteiger partial charge in [-0.2, -0.15) is 0 Å². The van der Waals surface area contributed by atoms with Crippen molar-refractivity contribution in [2.45, 2.75) is 33.6 Å². The Morgan fingerprint density at radius 3 is 2.39 bits per heavy atom. The zero-order chi connectivity index (χ0) is 13.4. The van der Waals surface area contributed by atoms with Crippen LogP contribution in [0.4, 0.5) is 4.39 Å². The maximum atomic E-state index is 12.7. The van der Waals surface area contributed by atoms with E-state index in [1.807, 2.05) is 0 Å². The quantitative estimate of drug-likeness (QED) is 0.651. The molecule has 18 heavy (non-hydrogen) atoms. The molecule has 1 rings (SSSR count). The van der Waals surface area contributed by atoms with E-state index in [-0.39, 0.29) is 5.82 Å². The first kappa shape index (κ1) is 14.5. The van der Waals surface area contributed by atoms with E-state index in [9.17, 15) is 4.39 Å². The van der Waals surface area contributed by atoms with E-state index in [1.54, 1.807) is 12.1 Å². The lowest BCUT2D eigenvalue weighted by Crippen LogP contribution is -1.94. The first-order valence-corrected chi connectivity index (χ1v) is 6.25. The summed E-state index contributed by atoms with van der Waals surface area (Å²) in [5.74, 6) is 0.459. The minimum Gasteiger partial charge on any atom is -0.490 e. The van der Waals surface area contributed by atoms with Crippen LogP contribution in [0.15, 0.2) is 47.6 Å². The van der Waals surface area contributed by atoms with Gasteiger partial charge in [-0.05, 0) is 64.0 Å². The normalized spacial score (nSPS) is 11.2. The minimum atomic E-state index is -0.240. The minimum absolute atomic E-state index is 0.240. The van der Waals surface area contributed by atoms with Gasteiger partial charge in [0, 0.05) is 0 Å². The molecule has 0 fully saturated rings. The molecule has 1 aromatic rings. The third-order valence-electron chi connectivity index (χ3n) is 2.59. The van der Waals surface area contributed by atoms with Gasteiger partial charge in [-0.15, -0.1) is 0 Å². The van der Waals surface area contributed by atoms with Crippen LogP contribution in [0, 0.1) is 5.82 Å². The predicted molar refractivity (Wildman–Crippen MR) is 74.3 cm³/mol. The Balaban J connectivity index is 2.31. The Morgan fingerprint density at radius 1 is 1.11 bits per heavy atom. The van der Waals surface area contributed by atoms with Crippen LogP contribution in [-0.2, 0) is 0 Å². The predicted octanol–water partition coefficient (Wildman–Crippen LogP) is 4.90. The molecular formula is C16H21FO. The number of hydrogen-bond acceptors (Lipinski definition) is 1. The topological polar surface area (TPSA) is 9.23 Å². The smallest absolute Gasteiger partial charge is 0.123 e. The molecule has 0 saturated carbocycles. The number of rotatable bonds is 6. The van der Waals surface area contributed by atoms with Gasteiger partial charge in [0.2, 0.25) is 0 Å². The maximum Gasteiger partial charge on any atom is 0.123 e. The van der Waals surface area contributed by atoms with Crippen LogP contribution in [-0.4, -0.2) is 6.61 Å². The zero-order valence-corrected chi connectivity index (χ0v) is 11.4. The summed E-state index contributed by atoms with van der Waals surface area (Å²) in [5, 5.41) is 0. The second-order valence-corrected chi connectivity index (χ2v) is 4.64. The molecular weight excluding hydrogens is 227 g/mol. The van der Waals surface area contributed by atoms with Crippen molar-refractivity contribution in [1.29, 1.82) is 0 Å². The van der Waals surface area contributed by atoms with Crippen molar-refractivity contribution in [3.05, 3.63) is 53.4 Å². The highest BCUT2D eigenvalue weighted by molar-refractivity contribution is 5.22. The van der Waals surface area contributed by atoms with Crippen LogP contribution in [0.25, 0.3) is 0 Å². The summed E-state index contributed by atoms with van der Waals surface area (Å²) >= 11 is 0. The molecule has 0 aliphatic carbocycles. The van der Waals surface area contributed by atoms with Gasteiger partial charge in [-0.1, -0.05) is 17.2 Å². The molecule has 0 heterocycles. The summed E-state index contributed by atoms with van der Waals surface area (Å²) in [6.45, 7) is 6.85. The first-order chi connectivity index (χ1) is 8.58. The number of allylic oxidation sites excluding steroid dienone is 3. The molecule has 0 atom stereocenters. The molecule has 0 unspecified atom stereocenters. The molecule has 2 heteroatoms. The van der Waals surface area contributed by atoms with E-state index in [1.165, 1.54) is 23.3 Å². The standard InChI is InChI=1S/C16H21FO/c1-13(2)5-4-6-14(3)11-12-18-16-9-7-15(17)8-10-16/h5,7-11H,4,6,12H2,1-3H3/b14-11+. The van der Waals surface area contributed by atoms with E-state index in [0.717, 1.165) is 12.8 Å². The van der Waals surface area contributed by atoms with Gasteiger partial charge in [0.1, 0.15) is 18.2 Å². The summed E-state index contributed by atoms with van der Waals surface area (Å²) in [6.07, 6.45) is 6.43. The Kier molecular flexibility index (Phi) is 6.20. The average Bonchev–Trinajstić information content (AvgIpc) is 2.31. The summed E-state index contributed by atoms with van der Waals surface area (Å²) in [7, 11) is 0. The van der Waals surface area contributed by atoms with Gasteiger partial charge in [0.15, 0.2) is 0 Å². The second-order valence-electron chi connectivity index (χ2n) is 4.64. The lowest BCUT2D eigenvalue weighted by molar-refractivity contribution is 0.361. The molecule has 0 aromatic heterocycles. The molecule has 0 saturated heterocycles. The van der Waals surface area contributed by atoms with Gasteiger partial charge in [-0.3, -0.25) is 0 Å². The van der Waals surface area contributed by atoms with Crippen molar-refractivity contribution >= 4 is 0 Å². The molecule has 98 valence electrons. The Bertz CT molecular complexity index is 411. The Labute approximate surface area is 109 Å². The Hall–Kier alpha value is -1.57. The molecule has 0 amide bonds. The molecule has 0 spiro atoms. The lowest BCUT2D eigenvalue weighted by Gasteiger charge is -2.04. The van der Waals surface area contributed by atoms with Gasteiger partial charge in [0.05, 0.1) is 0 Å². The second kappa shape index (κ2) is 7.70.